The van der Waals surface area contributed by atoms with Gasteiger partial charge in [0.1, 0.15) is 11.5 Å². The van der Waals surface area contributed by atoms with E-state index in [0.717, 1.165) is 11.1 Å². The van der Waals surface area contributed by atoms with Crippen LogP contribution in [0.5, 0.6) is 11.5 Å². The number of nitrogens with one attached hydrogen (secondary N) is 1. The van der Waals surface area contributed by atoms with Crippen molar-refractivity contribution in [3.05, 3.63) is 107 Å². The zero-order valence-corrected chi connectivity index (χ0v) is 21.7. The molecule has 0 saturated carbocycles. The molecule has 4 aromatic carbocycles. The summed E-state index contributed by atoms with van der Waals surface area (Å²) in [5.74, 6) is 0.877. The maximum absolute atomic E-state index is 12.7. The highest BCUT2D eigenvalue weighted by Crippen LogP contribution is 2.36. The van der Waals surface area contributed by atoms with Crippen molar-refractivity contribution >= 4 is 44.6 Å². The van der Waals surface area contributed by atoms with Crippen LogP contribution in [-0.2, 0) is 21.1 Å². The molecule has 1 amide bonds. The van der Waals surface area contributed by atoms with Crippen molar-refractivity contribution in [3.8, 4) is 22.6 Å². The van der Waals surface area contributed by atoms with E-state index in [1.54, 1.807) is 67.6 Å². The van der Waals surface area contributed by atoms with Crippen LogP contribution in [0.3, 0.4) is 0 Å². The van der Waals surface area contributed by atoms with Gasteiger partial charge in [-0.3, -0.25) is 4.79 Å². The van der Waals surface area contributed by atoms with Crippen LogP contribution in [0.25, 0.3) is 11.1 Å². The Morgan fingerprint density at radius 3 is 2.25 bits per heavy atom. The number of hydrogen-bond donors (Lipinski definition) is 1. The van der Waals surface area contributed by atoms with Gasteiger partial charge in [0, 0.05) is 27.4 Å². The van der Waals surface area contributed by atoms with Gasteiger partial charge in [-0.05, 0) is 65.7 Å². The lowest BCUT2D eigenvalue weighted by Gasteiger charge is -2.14. The van der Waals surface area contributed by atoms with E-state index in [1.807, 2.05) is 18.2 Å². The Morgan fingerprint density at radius 1 is 0.861 bits per heavy atom. The van der Waals surface area contributed by atoms with Gasteiger partial charge in [0.2, 0.25) is 5.91 Å². The third-order valence-corrected chi connectivity index (χ3v) is 7.71. The van der Waals surface area contributed by atoms with Crippen molar-refractivity contribution in [1.29, 1.82) is 0 Å². The molecule has 0 fully saturated rings. The molecule has 1 N–H and O–H groups in total. The number of sulfone groups is 1. The fourth-order valence-corrected chi connectivity index (χ4v) is 4.77. The lowest BCUT2D eigenvalue weighted by molar-refractivity contribution is -0.115. The van der Waals surface area contributed by atoms with Gasteiger partial charge in [0.25, 0.3) is 0 Å². The predicted molar refractivity (Wildman–Crippen MR) is 145 cm³/mol. The first-order valence-corrected chi connectivity index (χ1v) is 13.6. The molecule has 8 heteroatoms. The first kappa shape index (κ1) is 25.8. The largest absolute Gasteiger partial charge is 0.457 e. The maximum Gasteiger partial charge on any atom is 0.228 e. The summed E-state index contributed by atoms with van der Waals surface area (Å²) < 4.78 is 30.1. The molecule has 4 aromatic rings. The van der Waals surface area contributed by atoms with Crippen LogP contribution in [0.15, 0.2) is 95.9 Å². The van der Waals surface area contributed by atoms with E-state index in [1.165, 1.54) is 12.1 Å². The normalized spacial score (nSPS) is 11.2. The molecule has 0 heterocycles. The molecule has 0 aliphatic heterocycles. The van der Waals surface area contributed by atoms with Crippen LogP contribution in [-0.4, -0.2) is 20.1 Å². The Kier molecular flexibility index (Phi) is 7.99. The monoisotopic (exact) mass is 539 g/mol. The molecule has 0 saturated heterocycles. The average molecular weight is 540 g/mol. The molecule has 0 atom stereocenters. The van der Waals surface area contributed by atoms with Gasteiger partial charge < -0.3 is 10.1 Å². The first-order valence-electron chi connectivity index (χ1n) is 11.2. The highest BCUT2D eigenvalue weighted by atomic mass is 35.5. The van der Waals surface area contributed by atoms with Gasteiger partial charge in [0.05, 0.1) is 17.1 Å². The number of anilines is 1. The fraction of sp³-hybridized carbons (Fsp3) is 0.107. The molecule has 0 aliphatic carbocycles. The standard InChI is InChI=1S/C28H23Cl2NO4S/c1-2-36(33,34)25-13-6-19(7-14-25)16-28(32)31-23-12-15-26(20-8-10-21(29)11-9-20)27(18-23)35-24-5-3-4-22(30)17-24/h3-15,17-18H,2,16H2,1H3,(H,31,32). The minimum atomic E-state index is -3.28. The maximum atomic E-state index is 12.7. The predicted octanol–water partition coefficient (Wildman–Crippen LogP) is 7.43. The third-order valence-electron chi connectivity index (χ3n) is 5.47. The van der Waals surface area contributed by atoms with Crippen molar-refractivity contribution in [3.63, 3.8) is 0 Å². The summed E-state index contributed by atoms with van der Waals surface area (Å²) in [7, 11) is -3.28. The molecule has 36 heavy (non-hydrogen) atoms. The van der Waals surface area contributed by atoms with Crippen molar-refractivity contribution < 1.29 is 17.9 Å². The fourth-order valence-electron chi connectivity index (χ4n) is 3.58. The summed E-state index contributed by atoms with van der Waals surface area (Å²) in [5, 5.41) is 4.06. The molecule has 4 rings (SSSR count). The highest BCUT2D eigenvalue weighted by Gasteiger charge is 2.14. The molecule has 0 aromatic heterocycles. The Labute approximate surface area is 220 Å². The van der Waals surface area contributed by atoms with Gasteiger partial charge in [-0.1, -0.05) is 60.5 Å². The Morgan fingerprint density at radius 2 is 1.58 bits per heavy atom. The Bertz CT molecular complexity index is 1490. The first-order chi connectivity index (χ1) is 17.2. The van der Waals surface area contributed by atoms with Gasteiger partial charge in [-0.15, -0.1) is 0 Å². The van der Waals surface area contributed by atoms with E-state index in [-0.39, 0.29) is 23.0 Å². The number of halogens is 2. The molecule has 0 unspecified atom stereocenters. The number of benzene rings is 4. The molecular formula is C28H23Cl2NO4S. The summed E-state index contributed by atoms with van der Waals surface area (Å²) in [5.41, 5.74) is 2.98. The summed E-state index contributed by atoms with van der Waals surface area (Å²) in [6.45, 7) is 1.60. The zero-order chi connectivity index (χ0) is 25.7. The molecule has 184 valence electrons. The number of carbonyl (C=O) groups is 1. The van der Waals surface area contributed by atoms with Gasteiger partial charge in [0.15, 0.2) is 9.84 Å². The molecule has 5 nitrogen and oxygen atoms in total. The topological polar surface area (TPSA) is 72.5 Å². The minimum Gasteiger partial charge on any atom is -0.457 e. The third kappa shape index (κ3) is 6.46. The Balaban J connectivity index is 1.56. The Hall–Kier alpha value is -3.32. The highest BCUT2D eigenvalue weighted by molar-refractivity contribution is 7.91. The van der Waals surface area contributed by atoms with Crippen molar-refractivity contribution in [2.45, 2.75) is 18.2 Å². The number of carbonyl (C=O) groups excluding carboxylic acids is 1. The lowest BCUT2D eigenvalue weighted by Crippen LogP contribution is -2.14. The number of rotatable bonds is 8. The van der Waals surface area contributed by atoms with Crippen LogP contribution in [0.2, 0.25) is 10.0 Å². The second kappa shape index (κ2) is 11.2. The summed E-state index contributed by atoms with van der Waals surface area (Å²) in [4.78, 5) is 13.0. The van der Waals surface area contributed by atoms with E-state index < -0.39 is 9.84 Å². The number of hydrogen-bond acceptors (Lipinski definition) is 4. The van der Waals surface area contributed by atoms with Gasteiger partial charge in [-0.25, -0.2) is 8.42 Å². The zero-order valence-electron chi connectivity index (χ0n) is 19.4. The average Bonchev–Trinajstić information content (AvgIpc) is 2.85. The van der Waals surface area contributed by atoms with Crippen molar-refractivity contribution in [2.75, 3.05) is 11.1 Å². The van der Waals surface area contributed by atoms with Gasteiger partial charge in [-0.2, -0.15) is 0 Å². The molecule has 0 bridgehead atoms. The van der Waals surface area contributed by atoms with Crippen molar-refractivity contribution in [1.82, 2.24) is 0 Å². The smallest absolute Gasteiger partial charge is 0.228 e. The number of ether oxygens (including phenoxy) is 1. The van der Waals surface area contributed by atoms with Crippen LogP contribution in [0.4, 0.5) is 5.69 Å². The second-order valence-corrected chi connectivity index (χ2v) is 11.2. The van der Waals surface area contributed by atoms with E-state index in [2.05, 4.69) is 5.32 Å². The van der Waals surface area contributed by atoms with E-state index in [9.17, 15) is 13.2 Å². The van der Waals surface area contributed by atoms with Crippen LogP contribution in [0.1, 0.15) is 12.5 Å². The summed E-state index contributed by atoms with van der Waals surface area (Å²) in [6.07, 6.45) is 0.0931. The van der Waals surface area contributed by atoms with Crippen LogP contribution in [0, 0.1) is 0 Å². The summed E-state index contributed by atoms with van der Waals surface area (Å²) >= 11 is 12.2. The lowest BCUT2D eigenvalue weighted by atomic mass is 10.0. The second-order valence-electron chi connectivity index (χ2n) is 8.05. The van der Waals surface area contributed by atoms with E-state index in [0.29, 0.717) is 32.8 Å². The van der Waals surface area contributed by atoms with E-state index in [4.69, 9.17) is 27.9 Å². The summed E-state index contributed by atoms with van der Waals surface area (Å²) in [6, 6.07) is 26.2. The molecule has 0 aliphatic rings. The minimum absolute atomic E-state index is 0.0262. The quantitative estimate of drug-likeness (QED) is 0.252. The SMILES string of the molecule is CCS(=O)(=O)c1ccc(CC(=O)Nc2ccc(-c3ccc(Cl)cc3)c(Oc3cccc(Cl)c3)c2)cc1. The number of amides is 1. The molecule has 0 radical (unpaired) electrons. The molecule has 0 spiro atoms. The van der Waals surface area contributed by atoms with Crippen LogP contribution >= 0.6 is 23.2 Å². The van der Waals surface area contributed by atoms with E-state index >= 15 is 0 Å². The molecular weight excluding hydrogens is 517 g/mol. The van der Waals surface area contributed by atoms with Gasteiger partial charge >= 0.3 is 0 Å². The van der Waals surface area contributed by atoms with Crippen LogP contribution < -0.4 is 10.1 Å². The van der Waals surface area contributed by atoms with Crippen molar-refractivity contribution in [2.24, 2.45) is 0 Å².